The molecule has 0 fully saturated rings. The molecule has 2 nitrogen and oxygen atoms in total. The van der Waals surface area contributed by atoms with Crippen LogP contribution in [0.25, 0.3) is 10.4 Å². The molecular weight excluding hydrogens is 211 g/mol. The van der Waals surface area contributed by atoms with E-state index in [1.165, 1.54) is 11.5 Å². The van der Waals surface area contributed by atoms with E-state index in [0.29, 0.717) is 11.1 Å². The van der Waals surface area contributed by atoms with Gasteiger partial charge in [-0.3, -0.25) is 0 Å². The largest absolute Gasteiger partial charge is 0.206 e. The molecule has 4 heteroatoms. The molecule has 2 aromatic rings. The van der Waals surface area contributed by atoms with E-state index in [2.05, 4.69) is 15.7 Å². The van der Waals surface area contributed by atoms with E-state index >= 15 is 0 Å². The maximum absolute atomic E-state index is 14.0. The quantitative estimate of drug-likeness (QED) is 0.777. The lowest BCUT2D eigenvalue weighted by atomic mass is 9.99. The fraction of sp³-hybridized carbons (Fsp3) is 0.273. The number of nitrogens with zero attached hydrogens (tertiary/aromatic N) is 2. The van der Waals surface area contributed by atoms with Crippen molar-refractivity contribution in [2.45, 2.75) is 19.8 Å². The standard InChI is InChI=1S/C11H10FN2S/c1-7(2)8-4-3-5-9(11(8)12)10-6-13-14-15-10/h3,5-7H,1-2H3. The predicted octanol–water partition coefficient (Wildman–Crippen LogP) is 3.27. The molecule has 1 aromatic carbocycles. The normalized spacial score (nSPS) is 10.9. The SMILES string of the molecule is CC(C)c1[c]ccc(-c2cnns2)c1F. The highest BCUT2D eigenvalue weighted by Gasteiger charge is 2.13. The first-order chi connectivity index (χ1) is 7.20. The minimum absolute atomic E-state index is 0.130. The van der Waals surface area contributed by atoms with Crippen LogP contribution in [0, 0.1) is 11.9 Å². The topological polar surface area (TPSA) is 25.8 Å². The van der Waals surface area contributed by atoms with Crippen LogP contribution >= 0.6 is 11.5 Å². The molecule has 0 N–H and O–H groups in total. The minimum Gasteiger partial charge on any atom is -0.206 e. The predicted molar refractivity (Wildman–Crippen MR) is 58.2 cm³/mol. The van der Waals surface area contributed by atoms with Gasteiger partial charge in [0, 0.05) is 5.56 Å². The van der Waals surface area contributed by atoms with Gasteiger partial charge in [-0.2, -0.15) is 0 Å². The molecule has 0 aliphatic heterocycles. The Morgan fingerprint density at radius 2 is 2.27 bits per heavy atom. The molecule has 0 spiro atoms. The van der Waals surface area contributed by atoms with Crippen molar-refractivity contribution in [3.63, 3.8) is 0 Å². The van der Waals surface area contributed by atoms with Gasteiger partial charge in [0.15, 0.2) is 0 Å². The Bertz CT molecular complexity index is 452. The smallest absolute Gasteiger partial charge is 0.136 e. The lowest BCUT2D eigenvalue weighted by Gasteiger charge is -2.08. The summed E-state index contributed by atoms with van der Waals surface area (Å²) in [5, 5.41) is 3.71. The van der Waals surface area contributed by atoms with Crippen LogP contribution in [-0.4, -0.2) is 9.59 Å². The first kappa shape index (κ1) is 10.2. The van der Waals surface area contributed by atoms with Crippen molar-refractivity contribution >= 4 is 11.5 Å². The summed E-state index contributed by atoms with van der Waals surface area (Å²) in [7, 11) is 0. The van der Waals surface area contributed by atoms with Crippen molar-refractivity contribution in [2.75, 3.05) is 0 Å². The van der Waals surface area contributed by atoms with Crippen LogP contribution in [0.1, 0.15) is 25.3 Å². The maximum Gasteiger partial charge on any atom is 0.136 e. The molecule has 77 valence electrons. The third kappa shape index (κ3) is 1.90. The molecule has 1 aromatic heterocycles. The first-order valence-electron chi connectivity index (χ1n) is 4.68. The Labute approximate surface area is 91.9 Å². The van der Waals surface area contributed by atoms with E-state index in [9.17, 15) is 4.39 Å². The van der Waals surface area contributed by atoms with Gasteiger partial charge >= 0.3 is 0 Å². The van der Waals surface area contributed by atoms with E-state index in [0.717, 1.165) is 4.88 Å². The van der Waals surface area contributed by atoms with E-state index in [-0.39, 0.29) is 11.7 Å². The molecule has 0 aliphatic carbocycles. The van der Waals surface area contributed by atoms with E-state index in [1.807, 2.05) is 13.8 Å². The summed E-state index contributed by atoms with van der Waals surface area (Å²) >= 11 is 1.20. The van der Waals surface area contributed by atoms with Gasteiger partial charge in [0.1, 0.15) is 5.82 Å². The van der Waals surface area contributed by atoms with Crippen LogP contribution in [0.4, 0.5) is 4.39 Å². The van der Waals surface area contributed by atoms with E-state index in [4.69, 9.17) is 0 Å². The molecule has 0 saturated carbocycles. The molecule has 0 aliphatic rings. The molecule has 0 amide bonds. The number of halogens is 1. The number of rotatable bonds is 2. The van der Waals surface area contributed by atoms with Crippen LogP contribution in [0.2, 0.25) is 0 Å². The second kappa shape index (κ2) is 4.06. The zero-order chi connectivity index (χ0) is 10.8. The summed E-state index contributed by atoms with van der Waals surface area (Å²) in [6.07, 6.45) is 1.58. The fourth-order valence-electron chi connectivity index (χ4n) is 1.39. The molecule has 0 saturated heterocycles. The summed E-state index contributed by atoms with van der Waals surface area (Å²) in [5.74, 6) is -0.0793. The zero-order valence-corrected chi connectivity index (χ0v) is 9.31. The van der Waals surface area contributed by atoms with Crippen molar-refractivity contribution < 1.29 is 4.39 Å². The van der Waals surface area contributed by atoms with Crippen molar-refractivity contribution in [1.29, 1.82) is 0 Å². The number of hydrogen-bond acceptors (Lipinski definition) is 3. The van der Waals surface area contributed by atoms with Crippen molar-refractivity contribution in [2.24, 2.45) is 0 Å². The number of hydrogen-bond donors (Lipinski definition) is 0. The molecule has 0 bridgehead atoms. The van der Waals surface area contributed by atoms with E-state index < -0.39 is 0 Å². The van der Waals surface area contributed by atoms with Crippen LogP contribution < -0.4 is 0 Å². The zero-order valence-electron chi connectivity index (χ0n) is 8.49. The summed E-state index contributed by atoms with van der Waals surface area (Å²) in [6.45, 7) is 3.90. The van der Waals surface area contributed by atoms with Crippen molar-refractivity contribution in [3.8, 4) is 10.4 Å². The Balaban J connectivity index is 2.54. The molecule has 2 rings (SSSR count). The monoisotopic (exact) mass is 221 g/mol. The average Bonchev–Trinajstić information content (AvgIpc) is 2.70. The molecule has 1 heterocycles. The minimum atomic E-state index is -0.210. The number of benzene rings is 1. The molecule has 0 unspecified atom stereocenters. The second-order valence-corrected chi connectivity index (χ2v) is 4.34. The molecule has 15 heavy (non-hydrogen) atoms. The summed E-state index contributed by atoms with van der Waals surface area (Å²) in [6, 6.07) is 6.38. The Kier molecular flexibility index (Phi) is 2.77. The van der Waals surface area contributed by atoms with Gasteiger partial charge in [-0.25, -0.2) is 4.39 Å². The van der Waals surface area contributed by atoms with Gasteiger partial charge in [-0.1, -0.05) is 24.4 Å². The van der Waals surface area contributed by atoms with Gasteiger partial charge in [0.25, 0.3) is 0 Å². The van der Waals surface area contributed by atoms with Gasteiger partial charge in [-0.05, 0) is 35.1 Å². The Morgan fingerprint density at radius 3 is 2.87 bits per heavy atom. The lowest BCUT2D eigenvalue weighted by molar-refractivity contribution is 0.601. The average molecular weight is 221 g/mol. The number of aromatic nitrogens is 2. The first-order valence-corrected chi connectivity index (χ1v) is 5.45. The van der Waals surface area contributed by atoms with Crippen molar-refractivity contribution in [1.82, 2.24) is 9.59 Å². The van der Waals surface area contributed by atoms with Gasteiger partial charge in [0.2, 0.25) is 0 Å². The maximum atomic E-state index is 14.0. The highest BCUT2D eigenvalue weighted by molar-refractivity contribution is 7.09. The van der Waals surface area contributed by atoms with Gasteiger partial charge in [0.05, 0.1) is 11.1 Å². The highest BCUT2D eigenvalue weighted by Crippen LogP contribution is 2.29. The Hall–Kier alpha value is -1.29. The van der Waals surface area contributed by atoms with Gasteiger partial charge in [-0.15, -0.1) is 5.10 Å². The molecule has 1 radical (unpaired) electrons. The van der Waals surface area contributed by atoms with Crippen LogP contribution in [0.3, 0.4) is 0 Å². The van der Waals surface area contributed by atoms with Crippen LogP contribution in [0.15, 0.2) is 18.3 Å². The fourth-order valence-corrected chi connectivity index (χ4v) is 1.93. The van der Waals surface area contributed by atoms with Crippen LogP contribution in [-0.2, 0) is 0 Å². The summed E-state index contributed by atoms with van der Waals surface area (Å²) in [4.78, 5) is 0.753. The third-order valence-corrected chi connectivity index (χ3v) is 2.86. The van der Waals surface area contributed by atoms with Crippen molar-refractivity contribution in [3.05, 3.63) is 35.8 Å². The highest BCUT2D eigenvalue weighted by atomic mass is 32.1. The van der Waals surface area contributed by atoms with Crippen LogP contribution in [0.5, 0.6) is 0 Å². The second-order valence-electron chi connectivity index (χ2n) is 3.56. The summed E-state index contributed by atoms with van der Waals surface area (Å²) in [5.41, 5.74) is 1.17. The molecule has 0 atom stereocenters. The van der Waals surface area contributed by atoms with E-state index in [1.54, 1.807) is 18.3 Å². The lowest BCUT2D eigenvalue weighted by Crippen LogP contribution is -1.95. The third-order valence-electron chi connectivity index (χ3n) is 2.17. The summed E-state index contributed by atoms with van der Waals surface area (Å²) < 4.78 is 17.7. The van der Waals surface area contributed by atoms with Gasteiger partial charge < -0.3 is 0 Å². The molecular formula is C11H10FN2S. The Morgan fingerprint density at radius 1 is 1.47 bits per heavy atom.